The van der Waals surface area contributed by atoms with Gasteiger partial charge in [-0.15, -0.1) is 0 Å². The molecule has 1 amide bonds. The van der Waals surface area contributed by atoms with Crippen LogP contribution >= 0.6 is 0 Å². The summed E-state index contributed by atoms with van der Waals surface area (Å²) in [5.41, 5.74) is 0.273. The minimum atomic E-state index is -0.666. The van der Waals surface area contributed by atoms with Crippen molar-refractivity contribution in [2.45, 2.75) is 58.4 Å². The van der Waals surface area contributed by atoms with Crippen molar-refractivity contribution >= 4 is 5.91 Å². The first-order valence-corrected chi connectivity index (χ1v) is 7.88. The highest BCUT2D eigenvalue weighted by Gasteiger charge is 2.31. The smallest absolute Gasteiger partial charge is 0.232 e. The van der Waals surface area contributed by atoms with E-state index in [0.717, 1.165) is 5.56 Å². The van der Waals surface area contributed by atoms with E-state index < -0.39 is 5.54 Å². The van der Waals surface area contributed by atoms with Gasteiger partial charge >= 0.3 is 0 Å². The molecule has 1 aromatic carbocycles. The van der Waals surface area contributed by atoms with Crippen molar-refractivity contribution < 1.29 is 9.32 Å². The second kappa shape index (κ2) is 6.52. The molecule has 0 unspecified atom stereocenters. The van der Waals surface area contributed by atoms with Crippen molar-refractivity contribution in [2.24, 2.45) is 0 Å². The zero-order valence-corrected chi connectivity index (χ0v) is 14.5. The van der Waals surface area contributed by atoms with Crippen molar-refractivity contribution in [1.82, 2.24) is 15.5 Å². The van der Waals surface area contributed by atoms with Crippen molar-refractivity contribution in [3.8, 4) is 0 Å². The summed E-state index contributed by atoms with van der Waals surface area (Å²) >= 11 is 0. The van der Waals surface area contributed by atoms with Gasteiger partial charge in [0.2, 0.25) is 11.8 Å². The van der Waals surface area contributed by atoms with Gasteiger partial charge in [-0.05, 0) is 25.8 Å². The van der Waals surface area contributed by atoms with Gasteiger partial charge in [-0.2, -0.15) is 4.98 Å². The third-order valence-electron chi connectivity index (χ3n) is 3.56. The molecule has 0 spiro atoms. The van der Waals surface area contributed by atoms with Crippen molar-refractivity contribution in [3.63, 3.8) is 0 Å². The van der Waals surface area contributed by atoms with Gasteiger partial charge in [0.05, 0.1) is 5.54 Å². The maximum atomic E-state index is 12.2. The fourth-order valence-electron chi connectivity index (χ4n) is 2.15. The van der Waals surface area contributed by atoms with Gasteiger partial charge in [0, 0.05) is 11.8 Å². The summed E-state index contributed by atoms with van der Waals surface area (Å²) in [6, 6.07) is 9.96. The minimum Gasteiger partial charge on any atom is -0.344 e. The van der Waals surface area contributed by atoms with Crippen LogP contribution in [0.5, 0.6) is 0 Å². The summed E-state index contributed by atoms with van der Waals surface area (Å²) in [7, 11) is 0. The average molecular weight is 315 g/mol. The molecule has 1 heterocycles. The van der Waals surface area contributed by atoms with Crippen LogP contribution in [-0.4, -0.2) is 16.0 Å². The average Bonchev–Trinajstić information content (AvgIpc) is 2.96. The Labute approximate surface area is 137 Å². The Hall–Kier alpha value is -2.17. The Balaban J connectivity index is 1.97. The Kier molecular flexibility index (Phi) is 4.88. The van der Waals surface area contributed by atoms with E-state index in [1.54, 1.807) is 0 Å². The molecule has 0 radical (unpaired) electrons. The Morgan fingerprint density at radius 3 is 2.35 bits per heavy atom. The second-order valence-corrected chi connectivity index (χ2v) is 7.33. The molecule has 124 valence electrons. The number of carbonyl (C=O) groups excluding carboxylic acids is 1. The number of aromatic nitrogens is 2. The van der Waals surface area contributed by atoms with Crippen LogP contribution in [0.4, 0.5) is 0 Å². The third kappa shape index (κ3) is 4.65. The lowest BCUT2D eigenvalue weighted by atomic mass is 9.97. The lowest BCUT2D eigenvalue weighted by Gasteiger charge is -2.22. The first-order valence-electron chi connectivity index (χ1n) is 7.88. The van der Waals surface area contributed by atoms with E-state index in [1.165, 1.54) is 0 Å². The predicted molar refractivity (Wildman–Crippen MR) is 88.9 cm³/mol. The van der Waals surface area contributed by atoms with E-state index in [4.69, 9.17) is 4.52 Å². The summed E-state index contributed by atoms with van der Waals surface area (Å²) in [5, 5.41) is 7.01. The molecule has 5 heteroatoms. The van der Waals surface area contributed by atoms with Crippen molar-refractivity contribution in [3.05, 3.63) is 47.6 Å². The fraction of sp³-hybridized carbons (Fsp3) is 0.500. The van der Waals surface area contributed by atoms with Crippen LogP contribution in [-0.2, 0) is 22.2 Å². The number of nitrogens with one attached hydrogen (secondary N) is 1. The highest BCUT2D eigenvalue weighted by molar-refractivity contribution is 5.77. The van der Waals surface area contributed by atoms with E-state index in [-0.39, 0.29) is 11.3 Å². The number of aryl methyl sites for hydroxylation is 1. The molecule has 2 aromatic rings. The quantitative estimate of drug-likeness (QED) is 0.918. The number of carbonyl (C=O) groups is 1. The molecule has 0 saturated carbocycles. The monoisotopic (exact) mass is 315 g/mol. The predicted octanol–water partition coefficient (Wildman–Crippen LogP) is 3.35. The molecule has 0 fully saturated rings. The van der Waals surface area contributed by atoms with Gasteiger partial charge in [-0.25, -0.2) is 0 Å². The molecule has 0 saturated heterocycles. The maximum Gasteiger partial charge on any atom is 0.232 e. The number of hydrogen-bond donors (Lipinski definition) is 1. The van der Waals surface area contributed by atoms with Gasteiger partial charge in [-0.1, -0.05) is 56.3 Å². The molecule has 1 aromatic heterocycles. The first-order chi connectivity index (χ1) is 10.7. The van der Waals surface area contributed by atoms with Crippen LogP contribution in [0.2, 0.25) is 0 Å². The van der Waals surface area contributed by atoms with Crippen LogP contribution in [0, 0.1) is 0 Å². The molecule has 0 atom stereocenters. The van der Waals surface area contributed by atoms with Crippen LogP contribution < -0.4 is 5.32 Å². The molecule has 5 nitrogen and oxygen atoms in total. The molecular weight excluding hydrogens is 290 g/mol. The summed E-state index contributed by atoms with van der Waals surface area (Å²) in [5.74, 6) is 1.04. The molecule has 0 aliphatic heterocycles. The molecular formula is C18H25N3O2. The van der Waals surface area contributed by atoms with Gasteiger partial charge < -0.3 is 9.84 Å². The van der Waals surface area contributed by atoms with E-state index in [9.17, 15) is 4.79 Å². The van der Waals surface area contributed by atoms with Gasteiger partial charge in [-0.3, -0.25) is 4.79 Å². The zero-order chi connectivity index (χ0) is 17.1. The second-order valence-electron chi connectivity index (χ2n) is 7.33. The van der Waals surface area contributed by atoms with Crippen molar-refractivity contribution in [1.29, 1.82) is 0 Å². The Morgan fingerprint density at radius 1 is 1.13 bits per heavy atom. The third-order valence-corrected chi connectivity index (χ3v) is 3.56. The summed E-state index contributed by atoms with van der Waals surface area (Å²) < 4.78 is 5.31. The molecule has 1 N–H and O–H groups in total. The number of benzene rings is 1. The summed E-state index contributed by atoms with van der Waals surface area (Å²) in [6.07, 6.45) is 1.14. The standard InChI is InChI=1S/C18H25N3O2/c1-17(2,3)16-19-15(21-23-16)18(4,5)20-14(22)12-11-13-9-7-6-8-10-13/h6-10H,11-12H2,1-5H3,(H,20,22). The molecule has 2 rings (SSSR count). The van der Waals surface area contributed by atoms with Gasteiger partial charge in [0.1, 0.15) is 0 Å². The number of hydrogen-bond acceptors (Lipinski definition) is 4. The molecule has 0 aliphatic carbocycles. The molecule has 23 heavy (non-hydrogen) atoms. The van der Waals surface area contributed by atoms with Crippen LogP contribution in [0.15, 0.2) is 34.9 Å². The molecule has 0 bridgehead atoms. The Morgan fingerprint density at radius 2 is 1.78 bits per heavy atom. The number of rotatable bonds is 5. The minimum absolute atomic E-state index is 0.0269. The zero-order valence-electron chi connectivity index (χ0n) is 14.5. The highest BCUT2D eigenvalue weighted by atomic mass is 16.5. The first kappa shape index (κ1) is 17.2. The van der Waals surface area contributed by atoms with E-state index in [1.807, 2.05) is 65.0 Å². The number of amides is 1. The summed E-state index contributed by atoms with van der Waals surface area (Å²) in [4.78, 5) is 16.6. The lowest BCUT2D eigenvalue weighted by Crippen LogP contribution is -2.42. The lowest BCUT2D eigenvalue weighted by molar-refractivity contribution is -0.122. The van der Waals surface area contributed by atoms with E-state index in [0.29, 0.717) is 24.6 Å². The van der Waals surface area contributed by atoms with Crippen LogP contribution in [0.3, 0.4) is 0 Å². The SMILES string of the molecule is CC(C)(C)c1nc(C(C)(C)NC(=O)CCc2ccccc2)no1. The fourth-order valence-corrected chi connectivity index (χ4v) is 2.15. The van der Waals surface area contributed by atoms with Crippen molar-refractivity contribution in [2.75, 3.05) is 0 Å². The van der Waals surface area contributed by atoms with Gasteiger partial charge in [0.15, 0.2) is 5.82 Å². The van der Waals surface area contributed by atoms with Gasteiger partial charge in [0.25, 0.3) is 0 Å². The normalized spacial score (nSPS) is 12.2. The Bertz CT molecular complexity index is 654. The van der Waals surface area contributed by atoms with E-state index >= 15 is 0 Å². The maximum absolute atomic E-state index is 12.2. The topological polar surface area (TPSA) is 68.0 Å². The highest BCUT2D eigenvalue weighted by Crippen LogP contribution is 2.24. The summed E-state index contributed by atoms with van der Waals surface area (Å²) in [6.45, 7) is 9.79. The van der Waals surface area contributed by atoms with E-state index in [2.05, 4.69) is 15.5 Å². The van der Waals surface area contributed by atoms with Crippen LogP contribution in [0.25, 0.3) is 0 Å². The van der Waals surface area contributed by atoms with Crippen LogP contribution in [0.1, 0.15) is 58.3 Å². The largest absolute Gasteiger partial charge is 0.344 e. The number of nitrogens with zero attached hydrogens (tertiary/aromatic N) is 2. The molecule has 0 aliphatic rings.